The van der Waals surface area contributed by atoms with Crippen LogP contribution in [0.4, 0.5) is 4.39 Å². The summed E-state index contributed by atoms with van der Waals surface area (Å²) in [4.78, 5) is 4.56. The number of hydrogen-bond donors (Lipinski definition) is 1. The Morgan fingerprint density at radius 3 is 2.56 bits per heavy atom. The number of aromatic nitrogens is 2. The van der Waals surface area contributed by atoms with Crippen molar-refractivity contribution >= 4 is 20.9 Å². The second-order valence-electron chi connectivity index (χ2n) is 8.93. The molecule has 166 valence electrons. The van der Waals surface area contributed by atoms with Crippen molar-refractivity contribution < 1.29 is 12.8 Å². The lowest BCUT2D eigenvalue weighted by Crippen LogP contribution is -2.34. The molecule has 1 aromatic carbocycles. The minimum Gasteiger partial charge on any atom is -0.335 e. The molecule has 2 aromatic heterocycles. The molecule has 0 unspecified atom stereocenters. The zero-order valence-corrected chi connectivity index (χ0v) is 18.7. The third-order valence-corrected chi connectivity index (χ3v) is 8.27. The molecule has 0 spiro atoms. The number of hydrogen-bond acceptors (Lipinski definition) is 4. The molecule has 3 aromatic rings. The summed E-state index contributed by atoms with van der Waals surface area (Å²) in [5, 5.41) is 10.5. The first kappa shape index (κ1) is 21.1. The van der Waals surface area contributed by atoms with Crippen LogP contribution in [0.25, 0.3) is 22.3 Å². The van der Waals surface area contributed by atoms with E-state index in [0.717, 1.165) is 44.0 Å². The van der Waals surface area contributed by atoms with Crippen molar-refractivity contribution in [1.29, 1.82) is 5.26 Å². The average molecular weight is 453 g/mol. The van der Waals surface area contributed by atoms with Gasteiger partial charge >= 0.3 is 0 Å². The predicted molar refractivity (Wildman–Crippen MR) is 120 cm³/mol. The van der Waals surface area contributed by atoms with Crippen LogP contribution in [0.5, 0.6) is 0 Å². The Morgan fingerprint density at radius 2 is 1.94 bits per heavy atom. The van der Waals surface area contributed by atoms with Gasteiger partial charge in [0.25, 0.3) is 0 Å². The number of nitriles is 1. The van der Waals surface area contributed by atoms with Crippen molar-refractivity contribution in [2.45, 2.75) is 62.4 Å². The first-order valence-corrected chi connectivity index (χ1v) is 12.6. The van der Waals surface area contributed by atoms with Crippen LogP contribution >= 0.6 is 0 Å². The summed E-state index contributed by atoms with van der Waals surface area (Å²) in [6, 6.07) is 10.0. The van der Waals surface area contributed by atoms with Crippen molar-refractivity contribution in [1.82, 2.24) is 14.3 Å². The Balaban J connectivity index is 1.60. The molecule has 32 heavy (non-hydrogen) atoms. The SMILES string of the molecule is C[C@H](NS(=O)(=O)c1ccc(-c2c(C#N)c3cc(F)ccc3n2C2CCCC2)nc1)C1CC1. The second-order valence-corrected chi connectivity index (χ2v) is 10.6. The summed E-state index contributed by atoms with van der Waals surface area (Å²) in [5.41, 5.74) is 2.32. The summed E-state index contributed by atoms with van der Waals surface area (Å²) >= 11 is 0. The van der Waals surface area contributed by atoms with Crippen LogP contribution in [-0.2, 0) is 10.0 Å². The molecule has 0 saturated heterocycles. The lowest BCUT2D eigenvalue weighted by molar-refractivity contribution is 0.537. The van der Waals surface area contributed by atoms with Gasteiger partial charge in [-0.25, -0.2) is 17.5 Å². The van der Waals surface area contributed by atoms with Crippen LogP contribution in [0.3, 0.4) is 0 Å². The number of pyridine rings is 1. The molecule has 2 heterocycles. The minimum atomic E-state index is -3.67. The van der Waals surface area contributed by atoms with Gasteiger partial charge < -0.3 is 4.57 Å². The molecule has 2 aliphatic rings. The highest BCUT2D eigenvalue weighted by atomic mass is 32.2. The minimum absolute atomic E-state index is 0.0989. The standard InChI is InChI=1S/C24H25FN4O2S/c1-15(16-6-7-16)28-32(30,31)19-9-10-22(27-14-19)24-21(13-26)20-12-17(25)8-11-23(20)29(24)18-4-2-3-5-18/h8-12,14-16,18,28H,2-7H2,1H3/t15-/m0/s1. The van der Waals surface area contributed by atoms with Crippen molar-refractivity contribution in [3.8, 4) is 17.5 Å². The first-order chi connectivity index (χ1) is 15.4. The third kappa shape index (κ3) is 3.70. The van der Waals surface area contributed by atoms with Gasteiger partial charge in [0.15, 0.2) is 0 Å². The fourth-order valence-electron chi connectivity index (χ4n) is 4.88. The van der Waals surface area contributed by atoms with E-state index < -0.39 is 15.8 Å². The van der Waals surface area contributed by atoms with Crippen LogP contribution < -0.4 is 4.72 Å². The number of nitrogens with one attached hydrogen (secondary N) is 1. The van der Waals surface area contributed by atoms with E-state index in [1.54, 1.807) is 12.1 Å². The Morgan fingerprint density at radius 1 is 1.19 bits per heavy atom. The Labute approximate surface area is 187 Å². The van der Waals surface area contributed by atoms with Crippen molar-refractivity contribution in [2.75, 3.05) is 0 Å². The molecule has 0 bridgehead atoms. The smallest absolute Gasteiger partial charge is 0.242 e. The fraction of sp³-hybridized carbons (Fsp3) is 0.417. The topological polar surface area (TPSA) is 87.8 Å². The molecule has 0 aliphatic heterocycles. The number of fused-ring (bicyclic) bond motifs is 1. The summed E-state index contributed by atoms with van der Waals surface area (Å²) in [6.45, 7) is 1.88. The molecule has 0 radical (unpaired) electrons. The molecule has 1 atom stereocenters. The van der Waals surface area contributed by atoms with Crippen molar-refractivity contribution in [3.63, 3.8) is 0 Å². The summed E-state index contributed by atoms with van der Waals surface area (Å²) in [7, 11) is -3.67. The first-order valence-electron chi connectivity index (χ1n) is 11.1. The number of nitrogens with zero attached hydrogens (tertiary/aromatic N) is 3. The highest BCUT2D eigenvalue weighted by Crippen LogP contribution is 2.41. The lowest BCUT2D eigenvalue weighted by atomic mass is 10.1. The van der Waals surface area contributed by atoms with E-state index in [2.05, 4.69) is 20.3 Å². The van der Waals surface area contributed by atoms with E-state index in [4.69, 9.17) is 0 Å². The average Bonchev–Trinajstić information content (AvgIpc) is 3.40. The second kappa shape index (κ2) is 7.98. The van der Waals surface area contributed by atoms with Gasteiger partial charge in [-0.05, 0) is 68.9 Å². The maximum Gasteiger partial charge on any atom is 0.242 e. The zero-order chi connectivity index (χ0) is 22.5. The molecule has 2 saturated carbocycles. The molecule has 1 N–H and O–H groups in total. The predicted octanol–water partition coefficient (Wildman–Crippen LogP) is 4.91. The van der Waals surface area contributed by atoms with Gasteiger partial charge in [-0.3, -0.25) is 4.98 Å². The largest absolute Gasteiger partial charge is 0.335 e. The van der Waals surface area contributed by atoms with E-state index in [0.29, 0.717) is 28.3 Å². The fourth-order valence-corrected chi connectivity index (χ4v) is 6.13. The normalized spacial score (nSPS) is 18.2. The molecule has 5 rings (SSSR count). The summed E-state index contributed by atoms with van der Waals surface area (Å²) in [6.07, 6.45) is 7.59. The van der Waals surface area contributed by atoms with Gasteiger partial charge in [0.1, 0.15) is 16.8 Å². The molecular formula is C24H25FN4O2S. The van der Waals surface area contributed by atoms with E-state index in [1.165, 1.54) is 24.4 Å². The Hall–Kier alpha value is -2.76. The lowest BCUT2D eigenvalue weighted by Gasteiger charge is -2.18. The van der Waals surface area contributed by atoms with Crippen LogP contribution in [0.15, 0.2) is 41.4 Å². The van der Waals surface area contributed by atoms with Gasteiger partial charge in [-0.1, -0.05) is 12.8 Å². The number of sulfonamides is 1. The van der Waals surface area contributed by atoms with Crippen LogP contribution in [0.1, 0.15) is 57.1 Å². The third-order valence-electron chi connectivity index (χ3n) is 6.73. The number of halogens is 1. The maximum atomic E-state index is 14.0. The Kier molecular flexibility index (Phi) is 5.26. The highest BCUT2D eigenvalue weighted by Gasteiger charge is 2.32. The van der Waals surface area contributed by atoms with Gasteiger partial charge in [0, 0.05) is 23.7 Å². The molecule has 6 nitrogen and oxygen atoms in total. The number of rotatable bonds is 6. The van der Waals surface area contributed by atoms with Crippen LogP contribution in [0, 0.1) is 23.1 Å². The zero-order valence-electron chi connectivity index (χ0n) is 17.9. The van der Waals surface area contributed by atoms with E-state index in [1.807, 2.05) is 6.92 Å². The Bertz CT molecular complexity index is 1310. The van der Waals surface area contributed by atoms with Crippen molar-refractivity contribution in [3.05, 3.63) is 47.9 Å². The van der Waals surface area contributed by atoms with Gasteiger partial charge in [0.2, 0.25) is 10.0 Å². The van der Waals surface area contributed by atoms with Crippen LogP contribution in [-0.4, -0.2) is 24.0 Å². The highest BCUT2D eigenvalue weighted by molar-refractivity contribution is 7.89. The molecule has 0 amide bonds. The van der Waals surface area contributed by atoms with Crippen LogP contribution in [0.2, 0.25) is 0 Å². The molecule has 8 heteroatoms. The summed E-state index contributed by atoms with van der Waals surface area (Å²) < 4.78 is 44.3. The maximum absolute atomic E-state index is 14.0. The molecule has 2 aliphatic carbocycles. The van der Waals surface area contributed by atoms with E-state index >= 15 is 0 Å². The van der Waals surface area contributed by atoms with Crippen molar-refractivity contribution in [2.24, 2.45) is 5.92 Å². The quantitative estimate of drug-likeness (QED) is 0.576. The molecule has 2 fully saturated rings. The van der Waals surface area contributed by atoms with Gasteiger partial charge in [0.05, 0.1) is 22.5 Å². The van der Waals surface area contributed by atoms with Gasteiger partial charge in [-0.2, -0.15) is 5.26 Å². The molecular weight excluding hydrogens is 427 g/mol. The number of benzene rings is 1. The monoisotopic (exact) mass is 452 g/mol. The van der Waals surface area contributed by atoms with Gasteiger partial charge in [-0.15, -0.1) is 0 Å². The van der Waals surface area contributed by atoms with E-state index in [-0.39, 0.29) is 17.0 Å². The van der Waals surface area contributed by atoms with E-state index in [9.17, 15) is 18.1 Å². The summed E-state index contributed by atoms with van der Waals surface area (Å²) in [5.74, 6) is 0.00656.